The predicted molar refractivity (Wildman–Crippen MR) is 96.8 cm³/mol. The fourth-order valence-electron chi connectivity index (χ4n) is 3.86. The molecular formula is C19H22ClNO4. The number of fused-ring (bicyclic) bond motifs is 1. The molecule has 1 fully saturated rings. The van der Waals surface area contributed by atoms with E-state index in [9.17, 15) is 14.7 Å². The van der Waals surface area contributed by atoms with E-state index in [1.54, 1.807) is 23.6 Å². The second kappa shape index (κ2) is 7.08. The average molecular weight is 364 g/mol. The van der Waals surface area contributed by atoms with E-state index in [-0.39, 0.29) is 18.2 Å². The van der Waals surface area contributed by atoms with Gasteiger partial charge in [0.1, 0.15) is 5.75 Å². The van der Waals surface area contributed by atoms with Crippen LogP contribution < -0.4 is 4.74 Å². The second-order valence-corrected chi connectivity index (χ2v) is 7.00. The van der Waals surface area contributed by atoms with Gasteiger partial charge in [0.2, 0.25) is 5.91 Å². The van der Waals surface area contributed by atoms with E-state index >= 15 is 0 Å². The van der Waals surface area contributed by atoms with Gasteiger partial charge in [-0.1, -0.05) is 30.9 Å². The monoisotopic (exact) mass is 363 g/mol. The van der Waals surface area contributed by atoms with Crippen LogP contribution in [-0.4, -0.2) is 28.7 Å². The Labute approximate surface area is 151 Å². The van der Waals surface area contributed by atoms with Crippen molar-refractivity contribution in [2.45, 2.75) is 45.4 Å². The number of rotatable bonds is 4. The summed E-state index contributed by atoms with van der Waals surface area (Å²) in [5, 5.41) is 10.3. The highest BCUT2D eigenvalue weighted by Gasteiger charge is 2.28. The van der Waals surface area contributed by atoms with Crippen LogP contribution in [0.3, 0.4) is 0 Å². The summed E-state index contributed by atoms with van der Waals surface area (Å²) in [6.07, 6.45) is 4.88. The number of ether oxygens (including phenoxy) is 1. The van der Waals surface area contributed by atoms with Gasteiger partial charge in [0, 0.05) is 17.0 Å². The Morgan fingerprint density at radius 3 is 2.56 bits per heavy atom. The molecule has 0 amide bonds. The van der Waals surface area contributed by atoms with Crippen LogP contribution in [0.4, 0.5) is 0 Å². The Morgan fingerprint density at radius 1 is 1.28 bits per heavy atom. The van der Waals surface area contributed by atoms with E-state index in [4.69, 9.17) is 16.3 Å². The number of aliphatic carboxylic acids is 1. The summed E-state index contributed by atoms with van der Waals surface area (Å²) in [4.78, 5) is 24.5. The highest BCUT2D eigenvalue weighted by atomic mass is 35.5. The maximum absolute atomic E-state index is 13.1. The number of carboxylic acid groups (broad SMARTS) is 1. The molecule has 1 N–H and O–H groups in total. The molecule has 134 valence electrons. The number of carbonyl (C=O) groups excluding carboxylic acids is 1. The maximum Gasteiger partial charge on any atom is 0.307 e. The molecule has 3 rings (SSSR count). The van der Waals surface area contributed by atoms with Crippen molar-refractivity contribution in [3.63, 3.8) is 0 Å². The van der Waals surface area contributed by atoms with Crippen LogP contribution >= 0.6 is 11.6 Å². The highest BCUT2D eigenvalue weighted by Crippen LogP contribution is 2.39. The van der Waals surface area contributed by atoms with E-state index < -0.39 is 5.97 Å². The normalized spacial score (nSPS) is 15.5. The Morgan fingerprint density at radius 2 is 1.96 bits per heavy atom. The van der Waals surface area contributed by atoms with E-state index in [1.165, 1.54) is 13.5 Å². The minimum atomic E-state index is -0.953. The van der Waals surface area contributed by atoms with Crippen molar-refractivity contribution in [1.82, 2.24) is 4.57 Å². The number of hydrogen-bond acceptors (Lipinski definition) is 3. The minimum absolute atomic E-state index is 0.0124. The highest BCUT2D eigenvalue weighted by molar-refractivity contribution is 6.37. The molecule has 25 heavy (non-hydrogen) atoms. The molecule has 1 aromatic carbocycles. The Balaban J connectivity index is 2.21. The van der Waals surface area contributed by atoms with Gasteiger partial charge >= 0.3 is 5.97 Å². The van der Waals surface area contributed by atoms with Gasteiger partial charge in [-0.15, -0.1) is 0 Å². The smallest absolute Gasteiger partial charge is 0.307 e. The molecule has 5 nitrogen and oxygen atoms in total. The first kappa shape index (κ1) is 17.8. The van der Waals surface area contributed by atoms with E-state index in [0.29, 0.717) is 32.9 Å². The third kappa shape index (κ3) is 3.13. The van der Waals surface area contributed by atoms with Crippen LogP contribution in [0.2, 0.25) is 5.02 Å². The van der Waals surface area contributed by atoms with Crippen molar-refractivity contribution in [3.05, 3.63) is 28.4 Å². The van der Waals surface area contributed by atoms with Gasteiger partial charge in [-0.05, 0) is 37.5 Å². The zero-order valence-electron chi connectivity index (χ0n) is 14.5. The number of carbonyl (C=O) groups is 2. The molecule has 1 heterocycles. The van der Waals surface area contributed by atoms with Gasteiger partial charge in [0.15, 0.2) is 0 Å². The van der Waals surface area contributed by atoms with Crippen LogP contribution in [0, 0.1) is 12.8 Å². The standard InChI is InChI=1S/C19H22ClNO4/c1-11-13(10-16(22)23)17-14(8-9-15(25-2)18(17)20)21(11)19(24)12-6-4-3-5-7-12/h8-9,12H,3-7,10H2,1-2H3,(H,22,23). The molecule has 0 atom stereocenters. The summed E-state index contributed by atoms with van der Waals surface area (Å²) in [7, 11) is 1.51. The lowest BCUT2D eigenvalue weighted by Crippen LogP contribution is -2.24. The van der Waals surface area contributed by atoms with Gasteiger partial charge in [0.25, 0.3) is 0 Å². The quantitative estimate of drug-likeness (QED) is 0.870. The van der Waals surface area contributed by atoms with Crippen LogP contribution in [0.25, 0.3) is 10.9 Å². The molecule has 1 aromatic heterocycles. The fourth-order valence-corrected chi connectivity index (χ4v) is 4.21. The number of aromatic nitrogens is 1. The van der Waals surface area contributed by atoms with Crippen molar-refractivity contribution >= 4 is 34.4 Å². The molecule has 0 unspecified atom stereocenters. The van der Waals surface area contributed by atoms with Crippen molar-refractivity contribution in [2.75, 3.05) is 7.11 Å². The molecular weight excluding hydrogens is 342 g/mol. The number of hydrogen-bond donors (Lipinski definition) is 1. The SMILES string of the molecule is COc1ccc2c(c1Cl)c(CC(=O)O)c(C)n2C(=O)C1CCCCC1. The lowest BCUT2D eigenvalue weighted by atomic mass is 9.88. The first-order chi connectivity index (χ1) is 12.0. The molecule has 0 spiro atoms. The van der Waals surface area contributed by atoms with Crippen LogP contribution in [-0.2, 0) is 11.2 Å². The molecule has 0 saturated heterocycles. The third-order valence-corrected chi connectivity index (χ3v) is 5.50. The number of halogens is 1. The lowest BCUT2D eigenvalue weighted by Gasteiger charge is -2.21. The number of methoxy groups -OCH3 is 1. The number of nitrogens with zero attached hydrogens (tertiary/aromatic N) is 1. The van der Waals surface area contributed by atoms with Crippen molar-refractivity contribution in [3.8, 4) is 5.75 Å². The number of benzene rings is 1. The topological polar surface area (TPSA) is 68.5 Å². The fraction of sp³-hybridized carbons (Fsp3) is 0.474. The van der Waals surface area contributed by atoms with Gasteiger partial charge < -0.3 is 9.84 Å². The van der Waals surface area contributed by atoms with E-state index in [1.807, 2.05) is 0 Å². The minimum Gasteiger partial charge on any atom is -0.495 e. The summed E-state index contributed by atoms with van der Waals surface area (Å²) in [5.41, 5.74) is 1.90. The molecule has 6 heteroatoms. The van der Waals surface area contributed by atoms with Crippen molar-refractivity contribution < 1.29 is 19.4 Å². The Kier molecular flexibility index (Phi) is 5.04. The Hall–Kier alpha value is -2.01. The molecule has 1 saturated carbocycles. The van der Waals surface area contributed by atoms with Crippen LogP contribution in [0.1, 0.15) is 48.2 Å². The average Bonchev–Trinajstić information content (AvgIpc) is 2.87. The number of carboxylic acids is 1. The lowest BCUT2D eigenvalue weighted by molar-refractivity contribution is -0.136. The van der Waals surface area contributed by atoms with Crippen molar-refractivity contribution in [1.29, 1.82) is 0 Å². The van der Waals surface area contributed by atoms with Crippen LogP contribution in [0.5, 0.6) is 5.75 Å². The predicted octanol–water partition coefficient (Wildman–Crippen LogP) is 4.46. The second-order valence-electron chi connectivity index (χ2n) is 6.62. The molecule has 0 bridgehead atoms. The first-order valence-electron chi connectivity index (χ1n) is 8.58. The van der Waals surface area contributed by atoms with Gasteiger partial charge in [-0.2, -0.15) is 0 Å². The van der Waals surface area contributed by atoms with Crippen molar-refractivity contribution in [2.24, 2.45) is 5.92 Å². The van der Waals surface area contributed by atoms with Crippen LogP contribution in [0.15, 0.2) is 12.1 Å². The summed E-state index contributed by atoms with van der Waals surface area (Å²) in [5.74, 6) is -0.448. The summed E-state index contributed by atoms with van der Waals surface area (Å²) in [6.45, 7) is 1.79. The molecule has 2 aromatic rings. The largest absolute Gasteiger partial charge is 0.495 e. The summed E-state index contributed by atoms with van der Waals surface area (Å²) in [6, 6.07) is 3.51. The first-order valence-corrected chi connectivity index (χ1v) is 8.95. The maximum atomic E-state index is 13.1. The van der Waals surface area contributed by atoms with Gasteiger partial charge in [-0.25, -0.2) is 0 Å². The van der Waals surface area contributed by atoms with Gasteiger partial charge in [0.05, 0.1) is 24.1 Å². The zero-order valence-corrected chi connectivity index (χ0v) is 15.2. The molecule has 0 aliphatic heterocycles. The summed E-state index contributed by atoms with van der Waals surface area (Å²) < 4.78 is 6.93. The molecule has 1 aliphatic carbocycles. The summed E-state index contributed by atoms with van der Waals surface area (Å²) >= 11 is 6.46. The third-order valence-electron chi connectivity index (χ3n) is 5.12. The molecule has 1 aliphatic rings. The van der Waals surface area contributed by atoms with E-state index in [0.717, 1.165) is 25.7 Å². The zero-order chi connectivity index (χ0) is 18.1. The van der Waals surface area contributed by atoms with E-state index in [2.05, 4.69) is 0 Å². The van der Waals surface area contributed by atoms with Gasteiger partial charge in [-0.3, -0.25) is 14.2 Å². The Bertz CT molecular complexity index is 834. The molecule has 0 radical (unpaired) electrons.